The monoisotopic (exact) mass is 1560 g/mol. The largest absolute Gasteiger partial charge is 0.462 e. The van der Waals surface area contributed by atoms with Crippen LogP contribution in [0.4, 0.5) is 0 Å². The number of aliphatic hydroxyl groups is 2. The van der Waals surface area contributed by atoms with E-state index < -0.39 is 115 Å². The maximum Gasteiger partial charge on any atom is 0.306 e. The van der Waals surface area contributed by atoms with Crippen molar-refractivity contribution in [1.29, 1.82) is 0 Å². The number of hydrogen-bond acceptors (Lipinski definition) is 27. The Morgan fingerprint density at radius 3 is 1.22 bits per heavy atom. The first kappa shape index (κ1) is 95.3. The highest BCUT2D eigenvalue weighted by molar-refractivity contribution is 7.99. The highest BCUT2D eigenvalue weighted by atomic mass is 32.2. The molecule has 4 rings (SSSR count). The fraction of sp³-hybridized carbons (Fsp3) is 0.718. The molecule has 0 aliphatic heterocycles. The van der Waals surface area contributed by atoms with Gasteiger partial charge in [-0.1, -0.05) is 174 Å². The second-order valence-electron chi connectivity index (χ2n) is 28.8. The Balaban J connectivity index is 1.37. The third-order valence-electron chi connectivity index (χ3n) is 19.3. The number of hydrazine groups is 1. The average Bonchev–Trinajstić information content (AvgIpc) is 1.25. The van der Waals surface area contributed by atoms with Crippen molar-refractivity contribution in [2.75, 3.05) is 37.9 Å². The minimum absolute atomic E-state index is 0.0925. The van der Waals surface area contributed by atoms with E-state index >= 15 is 0 Å². The van der Waals surface area contributed by atoms with Crippen LogP contribution in [0.5, 0.6) is 0 Å². The van der Waals surface area contributed by atoms with E-state index in [4.69, 9.17) is 15.2 Å². The number of Topliss-reactive ketones (excluding diaryl/α,β-unsaturated/α-hetero) is 3. The van der Waals surface area contributed by atoms with Gasteiger partial charge in [-0.15, -0.1) is 0 Å². The molecule has 0 bridgehead atoms. The summed E-state index contributed by atoms with van der Waals surface area (Å²) in [6.07, 6.45) is 43.7. The number of carbonyl (C=O) groups excluding carboxylic acids is 10. The van der Waals surface area contributed by atoms with E-state index in [0.717, 1.165) is 50.3 Å². The van der Waals surface area contributed by atoms with Gasteiger partial charge in [0.1, 0.15) is 55.7 Å². The number of aromatic nitrogens is 8. The fourth-order valence-corrected chi connectivity index (χ4v) is 13.9. The highest BCUT2D eigenvalue weighted by Crippen LogP contribution is 2.19. The number of ketones is 3. The van der Waals surface area contributed by atoms with Gasteiger partial charge in [-0.25, -0.2) is 25.4 Å². The van der Waals surface area contributed by atoms with Gasteiger partial charge in [0.05, 0.1) is 93.1 Å². The molecule has 0 spiro atoms. The molecule has 0 radical (unpaired) electrons. The number of carbonyl (C=O) groups is 10. The molecule has 4 heterocycles. The SMILES string of the molecule is CCCCCCCCCCCCCCCC(=O)OCC(CSCC(N)C(=O)C(=O)[C@H](CO)NC(=O)[C@H](CO)NNCCCCC(NC(C(N[C@H](C=O)Cc1cnc[nH]1)N[C@H](C=O)Cc1cnc[nH]1)C(N[C@H](C=O)Cc1cnc[nH]1)N[C@H](C=O)Cc1cnc[nH]1)C(C)=O)OC(=O)CCCCCCCCCCCCCCC. The summed E-state index contributed by atoms with van der Waals surface area (Å²) in [5.74, 6) is -4.40. The van der Waals surface area contributed by atoms with Crippen molar-refractivity contribution in [2.45, 2.75) is 318 Å². The quantitative estimate of drug-likeness (QED) is 0.00623. The summed E-state index contributed by atoms with van der Waals surface area (Å²) in [5, 5.41) is 39.9. The smallest absolute Gasteiger partial charge is 0.306 e. The van der Waals surface area contributed by atoms with E-state index in [2.05, 4.69) is 96.5 Å². The molecule has 4 aromatic heterocycles. The Bertz CT molecular complexity index is 2860. The van der Waals surface area contributed by atoms with Crippen molar-refractivity contribution in [2.24, 2.45) is 5.73 Å². The molecule has 3 unspecified atom stereocenters. The van der Waals surface area contributed by atoms with Crippen LogP contribution in [0.3, 0.4) is 0 Å². The van der Waals surface area contributed by atoms with Crippen molar-refractivity contribution < 1.29 is 67.6 Å². The molecule has 110 heavy (non-hydrogen) atoms. The number of esters is 2. The first-order valence-corrected chi connectivity index (χ1v) is 41.5. The number of aliphatic hydroxyl groups excluding tert-OH is 2. The number of imidazole rings is 4. The molecule has 0 saturated carbocycles. The molecular weight excluding hydrogens is 1430 g/mol. The van der Waals surface area contributed by atoms with Crippen molar-refractivity contribution in [3.63, 3.8) is 0 Å². The van der Waals surface area contributed by atoms with Gasteiger partial charge in [0.2, 0.25) is 17.5 Å². The van der Waals surface area contributed by atoms with Crippen LogP contribution in [0.1, 0.15) is 243 Å². The minimum Gasteiger partial charge on any atom is -0.462 e. The van der Waals surface area contributed by atoms with E-state index in [1.165, 1.54) is 148 Å². The van der Waals surface area contributed by atoms with Crippen LogP contribution in [0, 0.1) is 0 Å². The molecule has 32 heteroatoms. The van der Waals surface area contributed by atoms with Crippen molar-refractivity contribution in [3.8, 4) is 0 Å². The average molecular weight is 1560 g/mol. The maximum absolute atomic E-state index is 13.9. The van der Waals surface area contributed by atoms with Crippen LogP contribution < -0.4 is 48.5 Å². The number of ether oxygens (including phenoxy) is 2. The first-order chi connectivity index (χ1) is 53.6. The normalized spacial score (nSPS) is 14.2. The zero-order chi connectivity index (χ0) is 79.6. The number of rotatable bonds is 74. The van der Waals surface area contributed by atoms with Crippen LogP contribution in [0.2, 0.25) is 0 Å². The Hall–Kier alpha value is -7.11. The summed E-state index contributed by atoms with van der Waals surface area (Å²) < 4.78 is 11.5. The Labute approximate surface area is 654 Å². The molecule has 0 aromatic carbocycles. The molecule has 0 saturated heterocycles. The van der Waals surface area contributed by atoms with Gasteiger partial charge in [-0.2, -0.15) is 11.8 Å². The third-order valence-corrected chi connectivity index (χ3v) is 20.5. The lowest BCUT2D eigenvalue weighted by molar-refractivity contribution is -0.157. The Kier molecular flexibility index (Phi) is 52.4. The van der Waals surface area contributed by atoms with E-state index in [0.29, 0.717) is 73.6 Å². The number of H-pyrrole nitrogens is 4. The van der Waals surface area contributed by atoms with E-state index in [1.807, 2.05) is 0 Å². The molecule has 16 N–H and O–H groups in total. The van der Waals surface area contributed by atoms with Gasteiger partial charge in [-0.05, 0) is 32.6 Å². The topological polar surface area (TPSA) is 467 Å². The number of nitrogens with zero attached hydrogens (tertiary/aromatic N) is 4. The van der Waals surface area contributed by atoms with Crippen LogP contribution in [0.25, 0.3) is 0 Å². The lowest BCUT2D eigenvalue weighted by Crippen LogP contribution is -2.73. The maximum atomic E-state index is 13.9. The zero-order valence-corrected chi connectivity index (χ0v) is 66.2. The predicted molar refractivity (Wildman–Crippen MR) is 422 cm³/mol. The lowest BCUT2D eigenvalue weighted by Gasteiger charge is -2.41. The number of nitrogens with two attached hydrogens (primary N) is 1. The molecule has 9 atom stereocenters. The van der Waals surface area contributed by atoms with E-state index in [-0.39, 0.29) is 75.4 Å². The summed E-state index contributed by atoms with van der Waals surface area (Å²) in [5.41, 5.74) is 14.3. The van der Waals surface area contributed by atoms with Gasteiger partial charge in [0.25, 0.3) is 0 Å². The Morgan fingerprint density at radius 2 is 0.864 bits per heavy atom. The number of nitrogens with one attached hydrogen (secondary N) is 12. The summed E-state index contributed by atoms with van der Waals surface area (Å²) in [6.45, 7) is 4.02. The van der Waals surface area contributed by atoms with Gasteiger partial charge < -0.3 is 69.9 Å². The third kappa shape index (κ3) is 42.0. The summed E-state index contributed by atoms with van der Waals surface area (Å²) in [7, 11) is 0. The van der Waals surface area contributed by atoms with Crippen LogP contribution >= 0.6 is 11.8 Å². The van der Waals surface area contributed by atoms with E-state index in [9.17, 15) is 58.2 Å². The number of aldehydes is 4. The molecule has 1 amide bonds. The molecule has 618 valence electrons. The molecule has 0 aliphatic rings. The standard InChI is InChI=1S/C78H131N17O14S/c1-4-6-8-10-12-14-16-18-20-22-24-26-28-33-71(103)108-50-66(109-72(104)34-29-27-25-23-21-19-17-15-13-11-9-7-5-2)51-110-52-67(79)74(105)75(106)69(48-100)94-78(107)70(49-101)95-88-35-31-30-32-68(57(3)102)93-73(76(89-62(44-96)36-58-40-80-53-84-58)90-63(45-97)37-59-41-81-54-85-59)77(91-64(46-98)38-60-42-82-55-86-60)92-65(47-99)39-61-43-83-56-87-61/h40-47,53-56,62-70,73,76-77,88-93,95,100-101H,4-39,48-52,79H2,1-3H3,(H,80,84)(H,81,85)(H,82,86)(H,83,87)(H,94,107)/t62-,63-,64-,65-,66?,67?,68?,69-,70-/m0/s1. The lowest BCUT2D eigenvalue weighted by atomic mass is 9.99. The zero-order valence-electron chi connectivity index (χ0n) is 65.4. The summed E-state index contributed by atoms with van der Waals surface area (Å²) in [4.78, 5) is 161. The second kappa shape index (κ2) is 60.5. The number of amides is 1. The van der Waals surface area contributed by atoms with Crippen molar-refractivity contribution in [1.82, 2.24) is 82.6 Å². The number of thioether (sulfide) groups is 1. The van der Waals surface area contributed by atoms with Gasteiger partial charge in [0.15, 0.2) is 0 Å². The van der Waals surface area contributed by atoms with Crippen molar-refractivity contribution >= 4 is 72.1 Å². The van der Waals surface area contributed by atoms with Crippen LogP contribution in [-0.2, 0) is 83.1 Å². The van der Waals surface area contributed by atoms with Gasteiger partial charge >= 0.3 is 11.9 Å². The fourth-order valence-electron chi connectivity index (χ4n) is 12.9. The number of unbranched alkanes of at least 4 members (excludes halogenated alkanes) is 25. The van der Waals surface area contributed by atoms with Crippen LogP contribution in [0.15, 0.2) is 50.1 Å². The molecular formula is C78H131N17O14S. The highest BCUT2D eigenvalue weighted by Gasteiger charge is 2.38. The summed E-state index contributed by atoms with van der Waals surface area (Å²) >= 11 is 1.12. The molecule has 31 nitrogen and oxygen atoms in total. The predicted octanol–water partition coefficient (Wildman–Crippen LogP) is 5.76. The Morgan fingerprint density at radius 1 is 0.482 bits per heavy atom. The van der Waals surface area contributed by atoms with E-state index in [1.54, 1.807) is 24.8 Å². The van der Waals surface area contributed by atoms with Crippen LogP contribution in [-0.4, -0.2) is 221 Å². The second-order valence-corrected chi connectivity index (χ2v) is 29.8. The first-order valence-electron chi connectivity index (χ1n) is 40.4. The summed E-state index contributed by atoms with van der Waals surface area (Å²) in [6, 6.07) is -10.4. The molecule has 0 fully saturated rings. The molecule has 4 aromatic rings. The van der Waals surface area contributed by atoms with Gasteiger partial charge in [0, 0.05) is 104 Å². The minimum atomic E-state index is -1.73. The molecule has 0 aliphatic carbocycles. The number of aromatic amines is 4. The number of hydrogen-bond donors (Lipinski definition) is 15. The van der Waals surface area contributed by atoms with Gasteiger partial charge in [-0.3, -0.25) is 60.8 Å². The van der Waals surface area contributed by atoms with Crippen molar-refractivity contribution in [3.05, 3.63) is 72.9 Å².